The second kappa shape index (κ2) is 4.65. The van der Waals surface area contributed by atoms with E-state index in [1.807, 2.05) is 12.1 Å². The fourth-order valence-electron chi connectivity index (χ4n) is 1.39. The molecule has 3 heteroatoms. The van der Waals surface area contributed by atoms with Crippen LogP contribution in [-0.4, -0.2) is 6.54 Å². The largest absolute Gasteiger partial charge is 0.312 e. The van der Waals surface area contributed by atoms with Gasteiger partial charge in [-0.25, -0.2) is 0 Å². The van der Waals surface area contributed by atoms with E-state index in [4.69, 9.17) is 11.6 Å². The highest BCUT2D eigenvalue weighted by Gasteiger charge is 2.19. The average molecular weight is 275 g/mol. The minimum absolute atomic E-state index is 0.788. The molecule has 0 atom stereocenters. The Hall–Kier alpha value is -0.0500. The zero-order valence-electron chi connectivity index (χ0n) is 7.89. The lowest BCUT2D eigenvalue weighted by molar-refractivity contribution is 0.639. The van der Waals surface area contributed by atoms with Crippen LogP contribution in [0.1, 0.15) is 18.4 Å². The van der Waals surface area contributed by atoms with Crippen molar-refractivity contribution in [3.63, 3.8) is 0 Å². The Kier molecular flexibility index (Phi) is 3.47. The van der Waals surface area contributed by atoms with Gasteiger partial charge in [-0.3, -0.25) is 0 Å². The molecule has 1 aromatic carbocycles. The van der Waals surface area contributed by atoms with Gasteiger partial charge in [0.25, 0.3) is 0 Å². The molecule has 0 aliphatic heterocycles. The van der Waals surface area contributed by atoms with Crippen LogP contribution in [0.5, 0.6) is 0 Å². The average Bonchev–Trinajstić information content (AvgIpc) is 2.95. The smallest absolute Gasteiger partial charge is 0.0551 e. The van der Waals surface area contributed by atoms with Crippen LogP contribution in [0, 0.1) is 5.92 Å². The molecule has 0 aromatic heterocycles. The van der Waals surface area contributed by atoms with Crippen LogP contribution in [0.3, 0.4) is 0 Å². The summed E-state index contributed by atoms with van der Waals surface area (Å²) in [6.07, 6.45) is 2.79. The summed E-state index contributed by atoms with van der Waals surface area (Å²) in [6, 6.07) is 6.10. The standard InChI is InChI=1S/C11H13BrClN/c12-10-4-3-9(5-11(10)13)7-14-6-8-1-2-8/h3-5,8,14H,1-2,6-7H2. The number of nitrogens with one attached hydrogen (secondary N) is 1. The van der Waals surface area contributed by atoms with Crippen LogP contribution >= 0.6 is 27.5 Å². The molecule has 0 radical (unpaired) electrons. The van der Waals surface area contributed by atoms with E-state index >= 15 is 0 Å². The van der Waals surface area contributed by atoms with E-state index in [1.54, 1.807) is 0 Å². The topological polar surface area (TPSA) is 12.0 Å². The van der Waals surface area contributed by atoms with Crippen molar-refractivity contribution in [1.29, 1.82) is 0 Å². The van der Waals surface area contributed by atoms with E-state index in [1.165, 1.54) is 18.4 Å². The third kappa shape index (κ3) is 2.97. The number of halogens is 2. The highest BCUT2D eigenvalue weighted by atomic mass is 79.9. The van der Waals surface area contributed by atoms with E-state index in [-0.39, 0.29) is 0 Å². The van der Waals surface area contributed by atoms with Gasteiger partial charge in [0.2, 0.25) is 0 Å². The molecule has 1 aliphatic carbocycles. The Morgan fingerprint density at radius 1 is 1.43 bits per heavy atom. The molecule has 76 valence electrons. The predicted octanol–water partition coefficient (Wildman–Crippen LogP) is 3.60. The van der Waals surface area contributed by atoms with Crippen LogP contribution in [0.2, 0.25) is 5.02 Å². The third-order valence-electron chi connectivity index (χ3n) is 2.44. The van der Waals surface area contributed by atoms with Crippen molar-refractivity contribution in [3.05, 3.63) is 33.3 Å². The molecule has 1 saturated carbocycles. The zero-order chi connectivity index (χ0) is 9.97. The Morgan fingerprint density at radius 3 is 2.86 bits per heavy atom. The molecule has 0 amide bonds. The van der Waals surface area contributed by atoms with Gasteiger partial charge in [-0.05, 0) is 58.9 Å². The van der Waals surface area contributed by atoms with Crippen molar-refractivity contribution in [2.75, 3.05) is 6.54 Å². The van der Waals surface area contributed by atoms with Crippen LogP contribution in [-0.2, 0) is 6.54 Å². The van der Waals surface area contributed by atoms with Gasteiger partial charge < -0.3 is 5.32 Å². The Morgan fingerprint density at radius 2 is 2.21 bits per heavy atom. The minimum Gasteiger partial charge on any atom is -0.312 e. The Labute approximate surface area is 98.0 Å². The van der Waals surface area contributed by atoms with E-state index in [9.17, 15) is 0 Å². The molecule has 0 unspecified atom stereocenters. The summed E-state index contributed by atoms with van der Waals surface area (Å²) in [5.41, 5.74) is 1.25. The van der Waals surface area contributed by atoms with Crippen LogP contribution in [0.4, 0.5) is 0 Å². The molecular weight excluding hydrogens is 261 g/mol. The second-order valence-corrected chi connectivity index (χ2v) is 5.08. The summed E-state index contributed by atoms with van der Waals surface area (Å²) >= 11 is 9.37. The molecular formula is C11H13BrClN. The summed E-state index contributed by atoms with van der Waals surface area (Å²) in [4.78, 5) is 0. The lowest BCUT2D eigenvalue weighted by Gasteiger charge is -2.04. The summed E-state index contributed by atoms with van der Waals surface area (Å²) in [5.74, 6) is 0.931. The molecule has 0 spiro atoms. The molecule has 1 fully saturated rings. The fraction of sp³-hybridized carbons (Fsp3) is 0.455. The summed E-state index contributed by atoms with van der Waals surface area (Å²) in [6.45, 7) is 2.07. The number of hydrogen-bond acceptors (Lipinski definition) is 1. The highest BCUT2D eigenvalue weighted by Crippen LogP contribution is 2.28. The third-order valence-corrected chi connectivity index (χ3v) is 3.68. The number of benzene rings is 1. The lowest BCUT2D eigenvalue weighted by Crippen LogP contribution is -2.15. The molecule has 0 bridgehead atoms. The second-order valence-electron chi connectivity index (χ2n) is 3.82. The maximum absolute atomic E-state index is 5.99. The first-order valence-electron chi connectivity index (χ1n) is 4.90. The zero-order valence-corrected chi connectivity index (χ0v) is 10.2. The van der Waals surface area contributed by atoms with Gasteiger partial charge >= 0.3 is 0 Å². The van der Waals surface area contributed by atoms with Gasteiger partial charge in [0, 0.05) is 11.0 Å². The maximum Gasteiger partial charge on any atom is 0.0551 e. The van der Waals surface area contributed by atoms with Crippen molar-refractivity contribution in [2.24, 2.45) is 5.92 Å². The predicted molar refractivity (Wildman–Crippen MR) is 63.6 cm³/mol. The van der Waals surface area contributed by atoms with Gasteiger partial charge in [0.1, 0.15) is 0 Å². The van der Waals surface area contributed by atoms with E-state index < -0.39 is 0 Å². The quantitative estimate of drug-likeness (QED) is 0.884. The van der Waals surface area contributed by atoms with Crippen LogP contribution in [0.25, 0.3) is 0 Å². The van der Waals surface area contributed by atoms with Crippen molar-refractivity contribution in [1.82, 2.24) is 5.32 Å². The summed E-state index contributed by atoms with van der Waals surface area (Å²) in [5, 5.41) is 4.22. The van der Waals surface area contributed by atoms with E-state index in [0.29, 0.717) is 0 Å². The van der Waals surface area contributed by atoms with Gasteiger partial charge in [-0.1, -0.05) is 17.7 Å². The first-order valence-corrected chi connectivity index (χ1v) is 6.07. The maximum atomic E-state index is 5.99. The molecule has 14 heavy (non-hydrogen) atoms. The van der Waals surface area contributed by atoms with Gasteiger partial charge in [-0.2, -0.15) is 0 Å². The number of rotatable bonds is 4. The van der Waals surface area contributed by atoms with Crippen molar-refractivity contribution in [3.8, 4) is 0 Å². The SMILES string of the molecule is Clc1cc(CNCC2CC2)ccc1Br. The first-order chi connectivity index (χ1) is 6.75. The Balaban J connectivity index is 1.85. The van der Waals surface area contributed by atoms with Crippen molar-refractivity contribution in [2.45, 2.75) is 19.4 Å². The van der Waals surface area contributed by atoms with Crippen LogP contribution in [0.15, 0.2) is 22.7 Å². The van der Waals surface area contributed by atoms with Crippen molar-refractivity contribution < 1.29 is 0 Å². The molecule has 1 N–H and O–H groups in total. The fourth-order valence-corrected chi connectivity index (χ4v) is 1.84. The van der Waals surface area contributed by atoms with Crippen LogP contribution < -0.4 is 5.32 Å². The Bertz CT molecular complexity index is 323. The monoisotopic (exact) mass is 273 g/mol. The minimum atomic E-state index is 0.788. The lowest BCUT2D eigenvalue weighted by atomic mass is 10.2. The first kappa shape index (κ1) is 10.5. The molecule has 0 heterocycles. The molecule has 0 saturated heterocycles. The molecule has 1 nitrogen and oxygen atoms in total. The molecule has 2 rings (SSSR count). The molecule has 1 aromatic rings. The summed E-state index contributed by atoms with van der Waals surface area (Å²) in [7, 11) is 0. The van der Waals surface area contributed by atoms with Crippen molar-refractivity contribution >= 4 is 27.5 Å². The van der Waals surface area contributed by atoms with Gasteiger partial charge in [0.15, 0.2) is 0 Å². The number of hydrogen-bond donors (Lipinski definition) is 1. The molecule has 1 aliphatic rings. The van der Waals surface area contributed by atoms with Gasteiger partial charge in [-0.15, -0.1) is 0 Å². The normalized spacial score (nSPS) is 15.9. The van der Waals surface area contributed by atoms with E-state index in [2.05, 4.69) is 27.3 Å². The summed E-state index contributed by atoms with van der Waals surface area (Å²) < 4.78 is 0.963. The van der Waals surface area contributed by atoms with Gasteiger partial charge in [0.05, 0.1) is 5.02 Å². The highest BCUT2D eigenvalue weighted by molar-refractivity contribution is 9.10. The van der Waals surface area contributed by atoms with E-state index in [0.717, 1.165) is 28.5 Å².